The molecule has 2 heterocycles. The fourth-order valence-electron chi connectivity index (χ4n) is 1.43. The number of carbonyl (C=O) groups is 1. The van der Waals surface area contributed by atoms with Crippen LogP contribution in [0.15, 0.2) is 29.6 Å². The molecule has 0 aromatic carbocycles. The summed E-state index contributed by atoms with van der Waals surface area (Å²) in [6.45, 7) is 0. The smallest absolute Gasteiger partial charge is 0.339 e. The summed E-state index contributed by atoms with van der Waals surface area (Å²) in [4.78, 5) is 23.4. The summed E-state index contributed by atoms with van der Waals surface area (Å²) in [7, 11) is 1.28. The second kappa shape index (κ2) is 5.77. The van der Waals surface area contributed by atoms with Crippen LogP contribution in [0.25, 0.3) is 11.6 Å². The first-order valence-corrected chi connectivity index (χ1v) is 6.89. The van der Waals surface area contributed by atoms with Gasteiger partial charge in [-0.05, 0) is 23.6 Å². The summed E-state index contributed by atoms with van der Waals surface area (Å²) in [6, 6.07) is 6.66. The van der Waals surface area contributed by atoms with E-state index < -0.39 is 10.9 Å². The molecule has 0 spiro atoms. The van der Waals surface area contributed by atoms with E-state index in [1.165, 1.54) is 24.5 Å². The van der Waals surface area contributed by atoms with Gasteiger partial charge in [-0.1, -0.05) is 17.4 Å². The Labute approximate surface area is 116 Å². The molecule has 2 rings (SSSR count). The van der Waals surface area contributed by atoms with Crippen molar-refractivity contribution in [1.82, 2.24) is 0 Å². The van der Waals surface area contributed by atoms with E-state index in [0.29, 0.717) is 10.5 Å². The molecule has 2 aromatic rings. The van der Waals surface area contributed by atoms with E-state index in [1.54, 1.807) is 12.1 Å². The van der Waals surface area contributed by atoms with Gasteiger partial charge in [-0.25, -0.2) is 4.79 Å². The molecular formula is C12H9NO4S2. The standard InChI is InChI=1S/C12H9NO4S2/c1-17-12(14)9(7-8-3-2-6-18-8)10-4-5-11(19-10)13(15)16/h2-7H,1H3/b9-7-. The normalized spacial score (nSPS) is 11.3. The molecule has 98 valence electrons. The number of esters is 1. The van der Waals surface area contributed by atoms with Crippen LogP contribution in [-0.2, 0) is 9.53 Å². The van der Waals surface area contributed by atoms with Gasteiger partial charge in [0.2, 0.25) is 0 Å². The van der Waals surface area contributed by atoms with Crippen LogP contribution < -0.4 is 0 Å². The van der Waals surface area contributed by atoms with Gasteiger partial charge in [0, 0.05) is 15.8 Å². The van der Waals surface area contributed by atoms with E-state index in [-0.39, 0.29) is 5.00 Å². The molecule has 0 radical (unpaired) electrons. The number of thiophene rings is 2. The summed E-state index contributed by atoms with van der Waals surface area (Å²) in [5.74, 6) is -0.509. The van der Waals surface area contributed by atoms with E-state index >= 15 is 0 Å². The molecule has 0 N–H and O–H groups in total. The Morgan fingerprint density at radius 1 is 1.42 bits per heavy atom. The average molecular weight is 295 g/mol. The highest BCUT2D eigenvalue weighted by molar-refractivity contribution is 7.16. The van der Waals surface area contributed by atoms with Crippen LogP contribution in [0.2, 0.25) is 0 Å². The summed E-state index contributed by atoms with van der Waals surface area (Å²) >= 11 is 2.42. The predicted molar refractivity (Wildman–Crippen MR) is 75.2 cm³/mol. The van der Waals surface area contributed by atoms with Crippen molar-refractivity contribution in [3.63, 3.8) is 0 Å². The maximum absolute atomic E-state index is 11.8. The number of rotatable bonds is 4. The van der Waals surface area contributed by atoms with Crippen molar-refractivity contribution < 1.29 is 14.5 Å². The lowest BCUT2D eigenvalue weighted by Crippen LogP contribution is -2.02. The third-order valence-corrected chi connectivity index (χ3v) is 4.16. The molecule has 0 saturated heterocycles. The summed E-state index contributed by atoms with van der Waals surface area (Å²) in [5.41, 5.74) is 0.322. The van der Waals surface area contributed by atoms with E-state index in [0.717, 1.165) is 16.2 Å². The fraction of sp³-hybridized carbons (Fsp3) is 0.0833. The number of hydrogen-bond donors (Lipinski definition) is 0. The lowest BCUT2D eigenvalue weighted by atomic mass is 10.2. The predicted octanol–water partition coefficient (Wildman–Crippen LogP) is 3.43. The molecule has 0 atom stereocenters. The van der Waals surface area contributed by atoms with Gasteiger partial charge in [-0.2, -0.15) is 0 Å². The Morgan fingerprint density at radius 3 is 2.74 bits per heavy atom. The van der Waals surface area contributed by atoms with Crippen LogP contribution in [0.4, 0.5) is 5.00 Å². The molecule has 0 unspecified atom stereocenters. The molecule has 0 amide bonds. The van der Waals surface area contributed by atoms with Crippen LogP contribution in [0.3, 0.4) is 0 Å². The average Bonchev–Trinajstić information content (AvgIpc) is 3.05. The molecule has 0 aliphatic carbocycles. The maximum Gasteiger partial charge on any atom is 0.339 e. The first kappa shape index (κ1) is 13.4. The van der Waals surface area contributed by atoms with Crippen molar-refractivity contribution in [2.45, 2.75) is 0 Å². The molecule has 0 aliphatic rings. The van der Waals surface area contributed by atoms with Crippen LogP contribution in [0.1, 0.15) is 9.75 Å². The third kappa shape index (κ3) is 3.07. The zero-order chi connectivity index (χ0) is 13.8. The minimum atomic E-state index is -0.509. The van der Waals surface area contributed by atoms with Gasteiger partial charge in [0.25, 0.3) is 0 Å². The molecule has 7 heteroatoms. The lowest BCUT2D eigenvalue weighted by molar-refractivity contribution is -0.380. The minimum absolute atomic E-state index is 0.00372. The van der Waals surface area contributed by atoms with Gasteiger partial charge < -0.3 is 4.74 Å². The van der Waals surface area contributed by atoms with Crippen LogP contribution in [0.5, 0.6) is 0 Å². The number of hydrogen-bond acceptors (Lipinski definition) is 6. The second-order valence-electron chi connectivity index (χ2n) is 3.46. The summed E-state index contributed by atoms with van der Waals surface area (Å²) in [5, 5.41) is 12.6. The second-order valence-corrected chi connectivity index (χ2v) is 5.50. The number of nitrogens with zero attached hydrogens (tertiary/aromatic N) is 1. The van der Waals surface area contributed by atoms with Crippen molar-refractivity contribution in [3.8, 4) is 0 Å². The van der Waals surface area contributed by atoms with Crippen LogP contribution in [0, 0.1) is 10.1 Å². The molecule has 0 saturated carbocycles. The first-order chi connectivity index (χ1) is 9.11. The third-order valence-electron chi connectivity index (χ3n) is 2.27. The van der Waals surface area contributed by atoms with Gasteiger partial charge in [-0.3, -0.25) is 10.1 Å². The van der Waals surface area contributed by atoms with Crippen LogP contribution in [-0.4, -0.2) is 18.0 Å². The van der Waals surface area contributed by atoms with Crippen molar-refractivity contribution in [1.29, 1.82) is 0 Å². The van der Waals surface area contributed by atoms with Crippen molar-refractivity contribution in [2.75, 3.05) is 7.11 Å². The molecule has 5 nitrogen and oxygen atoms in total. The Bertz CT molecular complexity index is 628. The molecule has 0 aliphatic heterocycles. The Hall–Kier alpha value is -1.99. The van der Waals surface area contributed by atoms with Gasteiger partial charge in [0.1, 0.15) is 0 Å². The molecular weight excluding hydrogens is 286 g/mol. The highest BCUT2D eigenvalue weighted by Gasteiger charge is 2.18. The fourth-order valence-corrected chi connectivity index (χ4v) is 2.91. The van der Waals surface area contributed by atoms with E-state index in [1.807, 2.05) is 17.5 Å². The molecule has 0 bridgehead atoms. The van der Waals surface area contributed by atoms with Crippen molar-refractivity contribution in [2.24, 2.45) is 0 Å². The lowest BCUT2D eigenvalue weighted by Gasteiger charge is -2.01. The quantitative estimate of drug-likeness (QED) is 0.375. The number of carbonyl (C=O) groups excluding carboxylic acids is 1. The maximum atomic E-state index is 11.8. The number of nitro groups is 1. The zero-order valence-electron chi connectivity index (χ0n) is 9.86. The highest BCUT2D eigenvalue weighted by atomic mass is 32.1. The van der Waals surface area contributed by atoms with Gasteiger partial charge in [0.05, 0.1) is 17.6 Å². The highest BCUT2D eigenvalue weighted by Crippen LogP contribution is 2.31. The summed E-state index contributed by atoms with van der Waals surface area (Å²) in [6.07, 6.45) is 1.67. The van der Waals surface area contributed by atoms with Crippen molar-refractivity contribution in [3.05, 3.63) is 49.5 Å². The number of ether oxygens (including phenoxy) is 1. The van der Waals surface area contributed by atoms with Gasteiger partial charge in [-0.15, -0.1) is 11.3 Å². The summed E-state index contributed by atoms with van der Waals surface area (Å²) < 4.78 is 4.72. The SMILES string of the molecule is COC(=O)/C(=C\c1cccs1)c1ccc([N+](=O)[O-])s1. The molecule has 19 heavy (non-hydrogen) atoms. The monoisotopic (exact) mass is 295 g/mol. The molecule has 0 fully saturated rings. The van der Waals surface area contributed by atoms with E-state index in [2.05, 4.69) is 0 Å². The van der Waals surface area contributed by atoms with Gasteiger partial charge >= 0.3 is 11.0 Å². The Morgan fingerprint density at radius 2 is 2.21 bits per heavy atom. The topological polar surface area (TPSA) is 69.4 Å². The van der Waals surface area contributed by atoms with Crippen LogP contribution >= 0.6 is 22.7 Å². The minimum Gasteiger partial charge on any atom is -0.465 e. The van der Waals surface area contributed by atoms with E-state index in [4.69, 9.17) is 4.74 Å². The largest absolute Gasteiger partial charge is 0.465 e. The van der Waals surface area contributed by atoms with E-state index in [9.17, 15) is 14.9 Å². The Kier molecular flexibility index (Phi) is 4.08. The zero-order valence-corrected chi connectivity index (χ0v) is 11.5. The van der Waals surface area contributed by atoms with Crippen molar-refractivity contribution >= 4 is 45.3 Å². The first-order valence-electron chi connectivity index (χ1n) is 5.20. The van der Waals surface area contributed by atoms with Gasteiger partial charge in [0.15, 0.2) is 0 Å². The number of methoxy groups -OCH3 is 1. The Balaban J connectivity index is 2.43. The molecule has 2 aromatic heterocycles.